The Balaban J connectivity index is 2.45. The number of hydrogen-bond acceptors (Lipinski definition) is 5. The molecule has 0 unspecified atom stereocenters. The molecule has 1 aromatic heterocycles. The van der Waals surface area contributed by atoms with Crippen molar-refractivity contribution in [2.45, 2.75) is 20.0 Å². The van der Waals surface area contributed by atoms with Crippen LogP contribution in [0.1, 0.15) is 11.3 Å². The van der Waals surface area contributed by atoms with Gasteiger partial charge in [-0.1, -0.05) is 12.1 Å². The van der Waals surface area contributed by atoms with Crippen molar-refractivity contribution >= 4 is 5.97 Å². The van der Waals surface area contributed by atoms with E-state index in [1.54, 1.807) is 19.1 Å². The number of aromatic hydroxyl groups is 1. The number of aryl methyl sites for hydroxylation is 1. The number of rotatable bonds is 4. The molecule has 22 heavy (non-hydrogen) atoms. The smallest absolute Gasteiger partial charge is 0.332 e. The molecular formula is C15H16N2O5. The van der Waals surface area contributed by atoms with Gasteiger partial charge in [0.2, 0.25) is 0 Å². The highest BCUT2D eigenvalue weighted by Crippen LogP contribution is 2.10. The van der Waals surface area contributed by atoms with Crippen molar-refractivity contribution in [2.75, 3.05) is 7.11 Å². The van der Waals surface area contributed by atoms with Crippen molar-refractivity contribution in [3.63, 3.8) is 0 Å². The Morgan fingerprint density at radius 2 is 1.82 bits per heavy atom. The second-order valence-electron chi connectivity index (χ2n) is 4.82. The van der Waals surface area contributed by atoms with Gasteiger partial charge in [0.15, 0.2) is 0 Å². The van der Waals surface area contributed by atoms with Crippen molar-refractivity contribution < 1.29 is 14.6 Å². The first kappa shape index (κ1) is 15.6. The molecule has 1 heterocycles. The second kappa shape index (κ2) is 6.30. The lowest BCUT2D eigenvalue weighted by Gasteiger charge is -2.12. The number of methoxy groups -OCH3 is 1. The third-order valence-electron chi connectivity index (χ3n) is 3.28. The largest absolute Gasteiger partial charge is 0.508 e. The molecule has 0 amide bonds. The van der Waals surface area contributed by atoms with Crippen LogP contribution in [0.15, 0.2) is 39.9 Å². The van der Waals surface area contributed by atoms with Crippen molar-refractivity contribution in [2.24, 2.45) is 0 Å². The third-order valence-corrected chi connectivity index (χ3v) is 3.28. The minimum absolute atomic E-state index is 0.128. The van der Waals surface area contributed by atoms with Gasteiger partial charge in [0.25, 0.3) is 5.56 Å². The summed E-state index contributed by atoms with van der Waals surface area (Å²) in [4.78, 5) is 35.6. The van der Waals surface area contributed by atoms with E-state index < -0.39 is 23.8 Å². The maximum atomic E-state index is 12.4. The molecule has 0 aliphatic carbocycles. The summed E-state index contributed by atoms with van der Waals surface area (Å²) in [5.41, 5.74) is 0.147. The number of hydrogen-bond donors (Lipinski definition) is 1. The highest BCUT2D eigenvalue weighted by Gasteiger charge is 2.12. The molecule has 7 nitrogen and oxygen atoms in total. The average molecular weight is 304 g/mol. The van der Waals surface area contributed by atoms with Gasteiger partial charge in [-0.2, -0.15) is 0 Å². The fraction of sp³-hybridized carbons (Fsp3) is 0.267. The predicted octanol–water partition coefficient (Wildman–Crippen LogP) is 0.245. The van der Waals surface area contributed by atoms with Crippen LogP contribution in [-0.2, 0) is 22.6 Å². The summed E-state index contributed by atoms with van der Waals surface area (Å²) < 4.78 is 6.71. The number of nitrogens with zero attached hydrogens (tertiary/aromatic N) is 2. The molecule has 0 saturated carbocycles. The van der Waals surface area contributed by atoms with Gasteiger partial charge in [0, 0.05) is 11.8 Å². The van der Waals surface area contributed by atoms with Crippen LogP contribution in [0.5, 0.6) is 5.75 Å². The number of carbonyl (C=O) groups excluding carboxylic acids is 1. The molecule has 1 N–H and O–H groups in total. The molecule has 2 aromatic rings. The van der Waals surface area contributed by atoms with Crippen LogP contribution >= 0.6 is 0 Å². The summed E-state index contributed by atoms with van der Waals surface area (Å²) in [5.74, 6) is -0.539. The van der Waals surface area contributed by atoms with E-state index in [0.717, 1.165) is 10.1 Å². The molecule has 0 aliphatic heterocycles. The lowest BCUT2D eigenvalue weighted by Crippen LogP contribution is -2.42. The van der Waals surface area contributed by atoms with Gasteiger partial charge in [-0.05, 0) is 24.6 Å². The normalized spacial score (nSPS) is 10.5. The van der Waals surface area contributed by atoms with Crippen LogP contribution in [0.25, 0.3) is 0 Å². The van der Waals surface area contributed by atoms with Crippen molar-refractivity contribution in [1.82, 2.24) is 9.13 Å². The minimum atomic E-state index is -0.667. The van der Waals surface area contributed by atoms with E-state index in [4.69, 9.17) is 0 Å². The van der Waals surface area contributed by atoms with E-state index >= 15 is 0 Å². The molecule has 0 saturated heterocycles. The number of phenols is 1. The first-order chi connectivity index (χ1) is 10.4. The maximum absolute atomic E-state index is 12.4. The second-order valence-corrected chi connectivity index (χ2v) is 4.82. The van der Waals surface area contributed by atoms with Gasteiger partial charge >= 0.3 is 11.7 Å². The highest BCUT2D eigenvalue weighted by atomic mass is 16.5. The number of aromatic nitrogens is 2. The van der Waals surface area contributed by atoms with E-state index in [-0.39, 0.29) is 12.3 Å². The van der Waals surface area contributed by atoms with Crippen molar-refractivity contribution in [1.29, 1.82) is 0 Å². The zero-order valence-corrected chi connectivity index (χ0v) is 12.3. The van der Waals surface area contributed by atoms with E-state index in [1.165, 1.54) is 29.9 Å². The Bertz CT molecular complexity index is 802. The summed E-state index contributed by atoms with van der Waals surface area (Å²) >= 11 is 0. The molecule has 0 atom stereocenters. The highest BCUT2D eigenvalue weighted by molar-refractivity contribution is 5.68. The summed E-state index contributed by atoms with van der Waals surface area (Å²) in [7, 11) is 1.19. The molecule has 0 bridgehead atoms. The summed E-state index contributed by atoms with van der Waals surface area (Å²) in [6.45, 7) is 1.45. The zero-order valence-electron chi connectivity index (χ0n) is 12.3. The minimum Gasteiger partial charge on any atom is -0.508 e. The molecule has 0 aliphatic rings. The number of phenolic OH excluding ortho intramolecular Hbond substituents is 1. The molecule has 2 rings (SSSR count). The fourth-order valence-electron chi connectivity index (χ4n) is 2.04. The first-order valence-corrected chi connectivity index (χ1v) is 6.58. The van der Waals surface area contributed by atoms with Crippen LogP contribution in [0, 0.1) is 6.92 Å². The molecule has 1 aromatic carbocycles. The van der Waals surface area contributed by atoms with Gasteiger partial charge in [0.1, 0.15) is 12.3 Å². The van der Waals surface area contributed by atoms with Crippen LogP contribution < -0.4 is 11.2 Å². The standard InChI is InChI=1S/C15H16N2O5/c1-10-7-13(19)17(9-14(20)22-2)15(21)16(10)8-11-3-5-12(18)6-4-11/h3-7,18H,8-9H2,1-2H3. The quantitative estimate of drug-likeness (QED) is 0.817. The van der Waals surface area contributed by atoms with Crippen molar-refractivity contribution in [3.05, 3.63) is 62.4 Å². The number of esters is 1. The van der Waals surface area contributed by atoms with Crippen LogP contribution in [0.4, 0.5) is 0 Å². The van der Waals surface area contributed by atoms with E-state index in [9.17, 15) is 19.5 Å². The topological polar surface area (TPSA) is 90.5 Å². The predicted molar refractivity (Wildman–Crippen MR) is 78.9 cm³/mol. The summed E-state index contributed by atoms with van der Waals surface area (Å²) in [6, 6.07) is 7.68. The molecular weight excluding hydrogens is 288 g/mol. The first-order valence-electron chi connectivity index (χ1n) is 6.58. The van der Waals surface area contributed by atoms with Gasteiger partial charge in [-0.15, -0.1) is 0 Å². The Morgan fingerprint density at radius 3 is 2.41 bits per heavy atom. The van der Waals surface area contributed by atoms with Crippen LogP contribution in [0.2, 0.25) is 0 Å². The van der Waals surface area contributed by atoms with Gasteiger partial charge in [-0.3, -0.25) is 14.2 Å². The SMILES string of the molecule is COC(=O)Cn1c(=O)cc(C)n(Cc2ccc(O)cc2)c1=O. The maximum Gasteiger partial charge on any atom is 0.332 e. The molecule has 116 valence electrons. The third kappa shape index (κ3) is 3.25. The fourth-order valence-corrected chi connectivity index (χ4v) is 2.04. The molecule has 0 fully saturated rings. The number of carbonyl (C=O) groups is 1. The van der Waals surface area contributed by atoms with Gasteiger partial charge in [0.05, 0.1) is 13.7 Å². The zero-order chi connectivity index (χ0) is 16.3. The van der Waals surface area contributed by atoms with E-state index in [1.807, 2.05) is 0 Å². The van der Waals surface area contributed by atoms with Gasteiger partial charge < -0.3 is 9.84 Å². The number of ether oxygens (including phenoxy) is 1. The Hall–Kier alpha value is -2.83. The number of benzene rings is 1. The molecule has 0 radical (unpaired) electrons. The summed E-state index contributed by atoms with van der Waals surface area (Å²) in [6.07, 6.45) is 0. The van der Waals surface area contributed by atoms with Crippen molar-refractivity contribution in [3.8, 4) is 5.75 Å². The Labute approximate surface area is 126 Å². The van der Waals surface area contributed by atoms with Gasteiger partial charge in [-0.25, -0.2) is 9.36 Å². The molecule has 7 heteroatoms. The average Bonchev–Trinajstić information content (AvgIpc) is 2.49. The van der Waals surface area contributed by atoms with Crippen LogP contribution in [-0.4, -0.2) is 27.3 Å². The van der Waals surface area contributed by atoms with Crippen LogP contribution in [0.3, 0.4) is 0 Å². The summed E-state index contributed by atoms with van der Waals surface area (Å²) in [5, 5.41) is 9.27. The molecule has 0 spiro atoms. The monoisotopic (exact) mass is 304 g/mol. The lowest BCUT2D eigenvalue weighted by molar-refractivity contribution is -0.141. The van der Waals surface area contributed by atoms with E-state index in [2.05, 4.69) is 4.74 Å². The van der Waals surface area contributed by atoms with E-state index in [0.29, 0.717) is 5.69 Å². The Morgan fingerprint density at radius 1 is 1.18 bits per heavy atom. The lowest BCUT2D eigenvalue weighted by atomic mass is 10.2. The Kier molecular flexibility index (Phi) is 4.45.